The first-order valence-electron chi connectivity index (χ1n) is 4.94. The molecule has 1 aromatic rings. The summed E-state index contributed by atoms with van der Waals surface area (Å²) in [5, 5.41) is 13.8. The van der Waals surface area contributed by atoms with Gasteiger partial charge < -0.3 is 10.1 Å². The minimum Gasteiger partial charge on any atom is -0.371 e. The quantitative estimate of drug-likeness (QED) is 0.611. The summed E-state index contributed by atoms with van der Waals surface area (Å²) in [5.74, 6) is -0.491. The van der Waals surface area contributed by atoms with Crippen LogP contribution in [0, 0.1) is 15.9 Å². The molecule has 1 atom stereocenters. The van der Waals surface area contributed by atoms with Crippen LogP contribution in [0.5, 0.6) is 0 Å². The van der Waals surface area contributed by atoms with Crippen LogP contribution >= 0.6 is 0 Å². The van der Waals surface area contributed by atoms with Gasteiger partial charge in [0.2, 0.25) is 0 Å². The molecule has 1 aliphatic heterocycles. The van der Waals surface area contributed by atoms with Gasteiger partial charge in [-0.1, -0.05) is 0 Å². The van der Waals surface area contributed by atoms with Crippen LogP contribution in [0.4, 0.5) is 10.1 Å². The summed E-state index contributed by atoms with van der Waals surface area (Å²) >= 11 is 0. The first kappa shape index (κ1) is 11.0. The Morgan fingerprint density at radius 3 is 3.00 bits per heavy atom. The van der Waals surface area contributed by atoms with Crippen LogP contribution in [-0.4, -0.2) is 24.6 Å². The topological polar surface area (TPSA) is 64.4 Å². The molecule has 1 N–H and O–H groups in total. The second kappa shape index (κ2) is 4.54. The highest BCUT2D eigenvalue weighted by molar-refractivity contribution is 5.42. The zero-order valence-corrected chi connectivity index (χ0v) is 8.48. The van der Waals surface area contributed by atoms with E-state index in [1.54, 1.807) is 0 Å². The van der Waals surface area contributed by atoms with Gasteiger partial charge in [-0.15, -0.1) is 0 Å². The third-order valence-electron chi connectivity index (χ3n) is 2.46. The van der Waals surface area contributed by atoms with E-state index in [0.29, 0.717) is 19.7 Å². The van der Waals surface area contributed by atoms with Crippen molar-refractivity contribution in [3.8, 4) is 0 Å². The van der Waals surface area contributed by atoms with Gasteiger partial charge in [-0.05, 0) is 12.1 Å². The molecule has 5 nitrogen and oxygen atoms in total. The largest absolute Gasteiger partial charge is 0.371 e. The van der Waals surface area contributed by atoms with E-state index in [1.807, 2.05) is 0 Å². The highest BCUT2D eigenvalue weighted by atomic mass is 19.1. The first-order chi connectivity index (χ1) is 7.68. The lowest BCUT2D eigenvalue weighted by atomic mass is 10.1. The molecular weight excluding hydrogens is 215 g/mol. The smallest absolute Gasteiger partial charge is 0.275 e. The number of hydrogen-bond acceptors (Lipinski definition) is 4. The van der Waals surface area contributed by atoms with Crippen LogP contribution < -0.4 is 5.32 Å². The summed E-state index contributed by atoms with van der Waals surface area (Å²) < 4.78 is 18.4. The number of nitro groups is 1. The third kappa shape index (κ3) is 2.17. The fourth-order valence-electron chi connectivity index (χ4n) is 1.71. The summed E-state index contributed by atoms with van der Waals surface area (Å²) in [6.45, 7) is 1.64. The van der Waals surface area contributed by atoms with Crippen LogP contribution in [0.25, 0.3) is 0 Å². The summed E-state index contributed by atoms with van der Waals surface area (Å²) in [4.78, 5) is 10.3. The number of nitrogens with zero attached hydrogens (tertiary/aromatic N) is 1. The third-order valence-corrected chi connectivity index (χ3v) is 2.46. The van der Waals surface area contributed by atoms with E-state index in [4.69, 9.17) is 4.74 Å². The van der Waals surface area contributed by atoms with Crippen molar-refractivity contribution >= 4 is 5.69 Å². The number of halogens is 1. The molecule has 86 valence electrons. The molecule has 16 heavy (non-hydrogen) atoms. The highest BCUT2D eigenvalue weighted by Gasteiger charge is 2.24. The van der Waals surface area contributed by atoms with Crippen LogP contribution in [-0.2, 0) is 4.74 Å². The predicted octanol–water partition coefficient (Wildman–Crippen LogP) is 1.39. The SMILES string of the molecule is O=[N+]([O-])c1ccc(F)cc1C1CNCCO1. The highest BCUT2D eigenvalue weighted by Crippen LogP contribution is 2.28. The van der Waals surface area contributed by atoms with E-state index < -0.39 is 16.8 Å². The van der Waals surface area contributed by atoms with Gasteiger partial charge in [-0.2, -0.15) is 0 Å². The molecule has 1 unspecified atom stereocenters. The molecule has 0 aliphatic carbocycles. The molecule has 1 saturated heterocycles. The summed E-state index contributed by atoms with van der Waals surface area (Å²) in [5.41, 5.74) is 0.187. The second-order valence-electron chi connectivity index (χ2n) is 3.52. The van der Waals surface area contributed by atoms with Crippen molar-refractivity contribution in [3.05, 3.63) is 39.7 Å². The molecular formula is C10H11FN2O3. The standard InChI is InChI=1S/C10H11FN2O3/c11-7-1-2-9(13(14)15)8(5-7)10-6-12-3-4-16-10/h1-2,5,10,12H,3-4,6H2. The first-order valence-corrected chi connectivity index (χ1v) is 4.94. The Labute approximate surface area is 91.4 Å². The average Bonchev–Trinajstić information content (AvgIpc) is 2.29. The molecule has 0 spiro atoms. The van der Waals surface area contributed by atoms with Crippen molar-refractivity contribution in [2.45, 2.75) is 6.10 Å². The Morgan fingerprint density at radius 2 is 2.38 bits per heavy atom. The zero-order valence-electron chi connectivity index (χ0n) is 8.48. The van der Waals surface area contributed by atoms with Crippen molar-refractivity contribution in [1.82, 2.24) is 5.32 Å². The molecule has 2 rings (SSSR count). The molecule has 1 aromatic carbocycles. The molecule has 0 saturated carbocycles. The van der Waals surface area contributed by atoms with Gasteiger partial charge in [-0.3, -0.25) is 10.1 Å². The normalized spacial score (nSPS) is 20.7. The lowest BCUT2D eigenvalue weighted by molar-refractivity contribution is -0.386. The van der Waals surface area contributed by atoms with Crippen LogP contribution in [0.15, 0.2) is 18.2 Å². The fraction of sp³-hybridized carbons (Fsp3) is 0.400. The number of benzene rings is 1. The zero-order chi connectivity index (χ0) is 11.5. The minimum absolute atomic E-state index is 0.102. The molecule has 1 aliphatic rings. The van der Waals surface area contributed by atoms with Crippen molar-refractivity contribution in [2.75, 3.05) is 19.7 Å². The maximum atomic E-state index is 13.1. The summed E-state index contributed by atoms with van der Waals surface area (Å²) in [6, 6.07) is 3.41. The Kier molecular flexibility index (Phi) is 3.12. The molecule has 1 fully saturated rings. The lowest BCUT2D eigenvalue weighted by Crippen LogP contribution is -2.33. The van der Waals surface area contributed by atoms with E-state index in [2.05, 4.69) is 5.32 Å². The lowest BCUT2D eigenvalue weighted by Gasteiger charge is -2.23. The maximum Gasteiger partial charge on any atom is 0.275 e. The van der Waals surface area contributed by atoms with Crippen molar-refractivity contribution in [2.24, 2.45) is 0 Å². The number of ether oxygens (including phenoxy) is 1. The molecule has 6 heteroatoms. The van der Waals surface area contributed by atoms with Gasteiger partial charge in [-0.25, -0.2) is 4.39 Å². The number of hydrogen-bond donors (Lipinski definition) is 1. The summed E-state index contributed by atoms with van der Waals surface area (Å²) in [6.07, 6.45) is -0.454. The van der Waals surface area contributed by atoms with Crippen molar-refractivity contribution in [1.29, 1.82) is 0 Å². The van der Waals surface area contributed by atoms with Gasteiger partial charge in [0.25, 0.3) is 5.69 Å². The van der Waals surface area contributed by atoms with E-state index in [9.17, 15) is 14.5 Å². The van der Waals surface area contributed by atoms with E-state index >= 15 is 0 Å². The van der Waals surface area contributed by atoms with Gasteiger partial charge >= 0.3 is 0 Å². The number of nitrogens with one attached hydrogen (secondary N) is 1. The number of morpholine rings is 1. The monoisotopic (exact) mass is 226 g/mol. The van der Waals surface area contributed by atoms with E-state index in [-0.39, 0.29) is 11.3 Å². The Morgan fingerprint density at radius 1 is 1.56 bits per heavy atom. The van der Waals surface area contributed by atoms with Gasteiger partial charge in [0, 0.05) is 19.2 Å². The number of rotatable bonds is 2. The Bertz CT molecular complexity index is 405. The molecule has 0 bridgehead atoms. The predicted molar refractivity (Wildman–Crippen MR) is 54.6 cm³/mol. The van der Waals surface area contributed by atoms with Crippen LogP contribution in [0.3, 0.4) is 0 Å². The van der Waals surface area contributed by atoms with Gasteiger partial charge in [0.05, 0.1) is 17.1 Å². The van der Waals surface area contributed by atoms with E-state index in [0.717, 1.165) is 12.1 Å². The van der Waals surface area contributed by atoms with Gasteiger partial charge in [0.1, 0.15) is 11.9 Å². The van der Waals surface area contributed by atoms with Crippen LogP contribution in [0.2, 0.25) is 0 Å². The molecule has 0 amide bonds. The minimum atomic E-state index is -0.521. The Balaban J connectivity index is 2.36. The van der Waals surface area contributed by atoms with Gasteiger partial charge in [0.15, 0.2) is 0 Å². The number of nitro benzene ring substituents is 1. The average molecular weight is 226 g/mol. The molecule has 0 radical (unpaired) electrons. The van der Waals surface area contributed by atoms with Crippen LogP contribution in [0.1, 0.15) is 11.7 Å². The maximum absolute atomic E-state index is 13.1. The molecule has 1 heterocycles. The fourth-order valence-corrected chi connectivity index (χ4v) is 1.71. The molecule has 0 aromatic heterocycles. The summed E-state index contributed by atoms with van der Waals surface area (Å²) in [7, 11) is 0. The Hall–Kier alpha value is -1.53. The van der Waals surface area contributed by atoms with E-state index in [1.165, 1.54) is 6.07 Å². The second-order valence-corrected chi connectivity index (χ2v) is 3.52. The van der Waals surface area contributed by atoms with Crippen molar-refractivity contribution in [3.63, 3.8) is 0 Å². The van der Waals surface area contributed by atoms with Crippen molar-refractivity contribution < 1.29 is 14.1 Å².